The monoisotopic (exact) mass is 217 g/mol. The molecule has 0 bridgehead atoms. The highest BCUT2D eigenvalue weighted by atomic mass is 16.6. The lowest BCUT2D eigenvalue weighted by atomic mass is 9.97. The van der Waals surface area contributed by atoms with Gasteiger partial charge >= 0.3 is 11.9 Å². The fourth-order valence-electron chi connectivity index (χ4n) is 0.861. The fourth-order valence-corrected chi connectivity index (χ4v) is 0.861. The lowest BCUT2D eigenvalue weighted by Gasteiger charge is -2.22. The summed E-state index contributed by atoms with van der Waals surface area (Å²) in [5.74, 6) is -1.55. The summed E-state index contributed by atoms with van der Waals surface area (Å²) < 4.78 is 5.03. The second-order valence-corrected chi connectivity index (χ2v) is 4.81. The molecule has 0 fully saturated rings. The molecule has 0 aliphatic carbocycles. The van der Waals surface area contributed by atoms with Crippen LogP contribution in [-0.2, 0) is 14.3 Å². The number of esters is 1. The van der Waals surface area contributed by atoms with Gasteiger partial charge in [-0.25, -0.2) is 0 Å². The Morgan fingerprint density at radius 3 is 2.07 bits per heavy atom. The Kier molecular flexibility index (Phi) is 4.27. The second-order valence-electron chi connectivity index (χ2n) is 4.81. The van der Waals surface area contributed by atoms with E-state index in [1.54, 1.807) is 20.8 Å². The van der Waals surface area contributed by atoms with Crippen LogP contribution in [-0.4, -0.2) is 28.2 Å². The van der Waals surface area contributed by atoms with Crippen molar-refractivity contribution in [1.29, 1.82) is 0 Å². The molecule has 0 saturated carbocycles. The molecule has 0 aromatic rings. The molecular weight excluding hydrogens is 198 g/mol. The third kappa shape index (κ3) is 6.06. The van der Waals surface area contributed by atoms with Gasteiger partial charge in [0.05, 0.1) is 0 Å². The first kappa shape index (κ1) is 13.9. The Balaban J connectivity index is 4.07. The van der Waals surface area contributed by atoms with Gasteiger partial charge in [0.2, 0.25) is 0 Å². The molecule has 0 aromatic heterocycles. The van der Waals surface area contributed by atoms with Crippen molar-refractivity contribution < 1.29 is 19.4 Å². The Labute approximate surface area is 89.6 Å². The molecule has 0 aliphatic rings. The molecule has 1 atom stereocenters. The quantitative estimate of drug-likeness (QED) is 0.683. The van der Waals surface area contributed by atoms with Crippen LogP contribution in [0.15, 0.2) is 0 Å². The molecule has 3 N–H and O–H groups in total. The Hall–Kier alpha value is -1.10. The zero-order valence-corrected chi connectivity index (χ0v) is 9.66. The third-order valence-corrected chi connectivity index (χ3v) is 1.76. The number of nitrogens with two attached hydrogens (primary N) is 1. The zero-order chi connectivity index (χ0) is 12.3. The van der Waals surface area contributed by atoms with E-state index in [9.17, 15) is 9.59 Å². The summed E-state index contributed by atoms with van der Waals surface area (Å²) in [6.45, 7) is 6.64. The van der Waals surface area contributed by atoms with Crippen LogP contribution in [0.5, 0.6) is 0 Å². The van der Waals surface area contributed by atoms with Crippen LogP contribution < -0.4 is 5.73 Å². The highest BCUT2D eigenvalue weighted by molar-refractivity contribution is 5.79. The average Bonchev–Trinajstić information content (AvgIpc) is 1.97. The van der Waals surface area contributed by atoms with E-state index in [0.717, 1.165) is 0 Å². The SMILES string of the molecule is CC(C)(C)OC(=O)CCC(C)(N)C(=O)O. The van der Waals surface area contributed by atoms with Gasteiger partial charge in [0.15, 0.2) is 0 Å². The number of aliphatic carboxylic acids is 1. The minimum atomic E-state index is -1.38. The normalized spacial score (nSPS) is 15.5. The molecule has 0 rings (SSSR count). The minimum absolute atomic E-state index is 0.0105. The van der Waals surface area contributed by atoms with Crippen LogP contribution in [0.2, 0.25) is 0 Å². The van der Waals surface area contributed by atoms with Crippen molar-refractivity contribution in [2.24, 2.45) is 5.73 Å². The van der Waals surface area contributed by atoms with Crippen molar-refractivity contribution in [1.82, 2.24) is 0 Å². The molecule has 0 amide bonds. The number of carbonyl (C=O) groups is 2. The molecule has 0 aromatic carbocycles. The van der Waals surface area contributed by atoms with Crippen LogP contribution in [0, 0.1) is 0 Å². The summed E-state index contributed by atoms with van der Waals surface area (Å²) in [6, 6.07) is 0. The summed E-state index contributed by atoms with van der Waals surface area (Å²) in [7, 11) is 0. The van der Waals surface area contributed by atoms with E-state index in [1.807, 2.05) is 0 Å². The van der Waals surface area contributed by atoms with Crippen molar-refractivity contribution in [3.63, 3.8) is 0 Å². The van der Waals surface area contributed by atoms with E-state index in [2.05, 4.69) is 0 Å². The van der Waals surface area contributed by atoms with Gasteiger partial charge in [-0.3, -0.25) is 9.59 Å². The Morgan fingerprint density at radius 1 is 1.27 bits per heavy atom. The lowest BCUT2D eigenvalue weighted by molar-refractivity contribution is -0.155. The molecule has 88 valence electrons. The highest BCUT2D eigenvalue weighted by Crippen LogP contribution is 2.13. The molecule has 15 heavy (non-hydrogen) atoms. The van der Waals surface area contributed by atoms with Crippen LogP contribution in [0.3, 0.4) is 0 Å². The maximum Gasteiger partial charge on any atom is 0.323 e. The van der Waals surface area contributed by atoms with Gasteiger partial charge in [0.1, 0.15) is 11.1 Å². The second kappa shape index (κ2) is 4.61. The molecule has 0 saturated heterocycles. The van der Waals surface area contributed by atoms with Gasteiger partial charge in [-0.05, 0) is 34.1 Å². The number of ether oxygens (including phenoxy) is 1. The highest BCUT2D eigenvalue weighted by Gasteiger charge is 2.29. The average molecular weight is 217 g/mol. The van der Waals surface area contributed by atoms with E-state index >= 15 is 0 Å². The molecule has 5 heteroatoms. The van der Waals surface area contributed by atoms with E-state index < -0.39 is 23.1 Å². The summed E-state index contributed by atoms with van der Waals surface area (Å²) in [4.78, 5) is 21.9. The minimum Gasteiger partial charge on any atom is -0.480 e. The maximum atomic E-state index is 11.3. The van der Waals surface area contributed by atoms with E-state index in [-0.39, 0.29) is 12.8 Å². The maximum absolute atomic E-state index is 11.3. The van der Waals surface area contributed by atoms with Gasteiger partial charge in [0, 0.05) is 6.42 Å². The molecule has 0 heterocycles. The van der Waals surface area contributed by atoms with Crippen molar-refractivity contribution in [3.05, 3.63) is 0 Å². The molecule has 0 radical (unpaired) electrons. The van der Waals surface area contributed by atoms with Crippen LogP contribution >= 0.6 is 0 Å². The topological polar surface area (TPSA) is 89.6 Å². The standard InChI is InChI=1S/C10H19NO4/c1-9(2,3)15-7(12)5-6-10(4,11)8(13)14/h5-6,11H2,1-4H3,(H,13,14). The van der Waals surface area contributed by atoms with Gasteiger partial charge in [-0.2, -0.15) is 0 Å². The predicted octanol–water partition coefficient (Wildman–Crippen LogP) is 0.910. The van der Waals surface area contributed by atoms with Gasteiger partial charge < -0.3 is 15.6 Å². The first-order valence-electron chi connectivity index (χ1n) is 4.79. The Bertz CT molecular complexity index is 253. The van der Waals surface area contributed by atoms with Gasteiger partial charge in [-0.15, -0.1) is 0 Å². The Morgan fingerprint density at radius 2 is 1.73 bits per heavy atom. The smallest absolute Gasteiger partial charge is 0.323 e. The molecule has 0 spiro atoms. The van der Waals surface area contributed by atoms with E-state index in [0.29, 0.717) is 0 Å². The number of carboxylic acids is 1. The number of hydrogen-bond acceptors (Lipinski definition) is 4. The first-order chi connectivity index (χ1) is 6.54. The van der Waals surface area contributed by atoms with Gasteiger partial charge in [-0.1, -0.05) is 0 Å². The number of carboxylic acid groups (broad SMARTS) is 1. The molecular formula is C10H19NO4. The summed E-state index contributed by atoms with van der Waals surface area (Å²) in [5, 5.41) is 8.71. The van der Waals surface area contributed by atoms with Crippen LogP contribution in [0.4, 0.5) is 0 Å². The van der Waals surface area contributed by atoms with E-state index in [4.69, 9.17) is 15.6 Å². The summed E-state index contributed by atoms with van der Waals surface area (Å²) in [6.07, 6.45) is 0.0772. The van der Waals surface area contributed by atoms with E-state index in [1.165, 1.54) is 6.92 Å². The zero-order valence-electron chi connectivity index (χ0n) is 9.66. The number of carbonyl (C=O) groups excluding carboxylic acids is 1. The van der Waals surface area contributed by atoms with Gasteiger partial charge in [0.25, 0.3) is 0 Å². The van der Waals surface area contributed by atoms with Crippen molar-refractivity contribution in [3.8, 4) is 0 Å². The van der Waals surface area contributed by atoms with Crippen molar-refractivity contribution in [2.45, 2.75) is 51.7 Å². The van der Waals surface area contributed by atoms with Crippen LogP contribution in [0.25, 0.3) is 0 Å². The number of hydrogen-bond donors (Lipinski definition) is 2. The largest absolute Gasteiger partial charge is 0.480 e. The summed E-state index contributed by atoms with van der Waals surface area (Å²) >= 11 is 0. The number of rotatable bonds is 4. The molecule has 5 nitrogen and oxygen atoms in total. The van der Waals surface area contributed by atoms with Crippen LogP contribution in [0.1, 0.15) is 40.5 Å². The predicted molar refractivity (Wildman–Crippen MR) is 55.3 cm³/mol. The molecule has 1 unspecified atom stereocenters. The van der Waals surface area contributed by atoms with Crippen molar-refractivity contribution in [2.75, 3.05) is 0 Å². The third-order valence-electron chi connectivity index (χ3n) is 1.76. The first-order valence-corrected chi connectivity index (χ1v) is 4.79. The lowest BCUT2D eigenvalue weighted by Crippen LogP contribution is -2.45. The fraction of sp³-hybridized carbons (Fsp3) is 0.800. The molecule has 0 aliphatic heterocycles. The summed E-state index contributed by atoms with van der Waals surface area (Å²) in [5.41, 5.74) is 3.54. The van der Waals surface area contributed by atoms with Crippen molar-refractivity contribution >= 4 is 11.9 Å².